The summed E-state index contributed by atoms with van der Waals surface area (Å²) < 4.78 is 24.8. The van der Waals surface area contributed by atoms with Gasteiger partial charge in [-0.15, -0.1) is 0 Å². The van der Waals surface area contributed by atoms with E-state index in [-0.39, 0.29) is 10.0 Å². The van der Waals surface area contributed by atoms with Gasteiger partial charge in [0, 0.05) is 15.5 Å². The highest BCUT2D eigenvalue weighted by atomic mass is 35.5. The van der Waals surface area contributed by atoms with E-state index in [1.807, 2.05) is 27.7 Å². The first-order chi connectivity index (χ1) is 8.14. The number of hydrogen-bond acceptors (Lipinski definition) is 2. The molecule has 0 spiro atoms. The van der Waals surface area contributed by atoms with Crippen molar-refractivity contribution < 1.29 is 13.7 Å². The second kappa shape index (κ2) is 4.38. The first-order valence-electron chi connectivity index (χ1n) is 5.64. The lowest BCUT2D eigenvalue weighted by atomic mass is 9.79. The smallest absolute Gasteiger partial charge is 0.399 e. The molecule has 0 aromatic heterocycles. The molecule has 0 saturated carbocycles. The summed E-state index contributed by atoms with van der Waals surface area (Å²) in [6.45, 7) is 7.72. The van der Waals surface area contributed by atoms with Crippen LogP contribution in [-0.4, -0.2) is 18.3 Å². The van der Waals surface area contributed by atoms with E-state index in [0.717, 1.165) is 0 Å². The summed E-state index contributed by atoms with van der Waals surface area (Å²) in [7, 11) is -0.685. The van der Waals surface area contributed by atoms with Gasteiger partial charge in [0.15, 0.2) is 0 Å². The van der Waals surface area contributed by atoms with E-state index < -0.39 is 24.1 Å². The Hall–Kier alpha value is -0.285. The van der Waals surface area contributed by atoms with Crippen LogP contribution in [0.5, 0.6) is 0 Å². The van der Waals surface area contributed by atoms with Gasteiger partial charge in [0.05, 0.1) is 11.2 Å². The van der Waals surface area contributed by atoms with Crippen LogP contribution in [0.1, 0.15) is 27.7 Å². The summed E-state index contributed by atoms with van der Waals surface area (Å²) in [5.41, 5.74) is -0.504. The Morgan fingerprint density at radius 2 is 1.39 bits per heavy atom. The lowest BCUT2D eigenvalue weighted by Crippen LogP contribution is -2.41. The van der Waals surface area contributed by atoms with E-state index in [9.17, 15) is 4.39 Å². The highest BCUT2D eigenvalue weighted by Crippen LogP contribution is 2.37. The Morgan fingerprint density at radius 3 is 1.78 bits per heavy atom. The van der Waals surface area contributed by atoms with Crippen LogP contribution in [-0.2, 0) is 9.31 Å². The van der Waals surface area contributed by atoms with Crippen molar-refractivity contribution in [2.45, 2.75) is 38.9 Å². The fourth-order valence-corrected chi connectivity index (χ4v) is 2.38. The SMILES string of the molecule is CC1(C)OB(c2c(Cl)cc(F)cc2Cl)OC1(C)C. The summed E-state index contributed by atoms with van der Waals surface area (Å²) in [4.78, 5) is 0. The maximum atomic E-state index is 13.1. The van der Waals surface area contributed by atoms with Crippen molar-refractivity contribution in [3.05, 3.63) is 28.0 Å². The van der Waals surface area contributed by atoms with Crippen molar-refractivity contribution in [3.63, 3.8) is 0 Å². The molecule has 98 valence electrons. The molecule has 0 radical (unpaired) electrons. The third-order valence-electron chi connectivity index (χ3n) is 3.53. The number of hydrogen-bond donors (Lipinski definition) is 0. The van der Waals surface area contributed by atoms with Crippen LogP contribution < -0.4 is 5.46 Å². The van der Waals surface area contributed by atoms with E-state index in [0.29, 0.717) is 5.46 Å². The molecule has 0 bridgehead atoms. The van der Waals surface area contributed by atoms with Crippen molar-refractivity contribution in [1.82, 2.24) is 0 Å². The number of halogens is 3. The van der Waals surface area contributed by atoms with E-state index >= 15 is 0 Å². The van der Waals surface area contributed by atoms with Gasteiger partial charge in [-0.3, -0.25) is 0 Å². The molecule has 0 atom stereocenters. The van der Waals surface area contributed by atoms with Gasteiger partial charge in [-0.1, -0.05) is 23.2 Å². The minimum Gasteiger partial charge on any atom is -0.399 e. The second-order valence-electron chi connectivity index (χ2n) is 5.37. The lowest BCUT2D eigenvalue weighted by Gasteiger charge is -2.32. The Balaban J connectivity index is 2.42. The average Bonchev–Trinajstić information content (AvgIpc) is 2.32. The number of benzene rings is 1. The van der Waals surface area contributed by atoms with Crippen LogP contribution >= 0.6 is 23.2 Å². The van der Waals surface area contributed by atoms with Gasteiger partial charge in [0.2, 0.25) is 0 Å². The highest BCUT2D eigenvalue weighted by molar-refractivity contribution is 6.69. The van der Waals surface area contributed by atoms with E-state index in [2.05, 4.69) is 0 Å². The third-order valence-corrected chi connectivity index (χ3v) is 4.16. The second-order valence-corrected chi connectivity index (χ2v) is 6.19. The van der Waals surface area contributed by atoms with Crippen LogP contribution in [0, 0.1) is 5.82 Å². The summed E-state index contributed by atoms with van der Waals surface area (Å²) in [5.74, 6) is -0.481. The van der Waals surface area contributed by atoms with Gasteiger partial charge < -0.3 is 9.31 Å². The fourth-order valence-electron chi connectivity index (χ4n) is 1.74. The summed E-state index contributed by atoms with van der Waals surface area (Å²) >= 11 is 12.0. The lowest BCUT2D eigenvalue weighted by molar-refractivity contribution is 0.00578. The zero-order chi connectivity index (χ0) is 13.7. The molecule has 0 unspecified atom stereocenters. The van der Waals surface area contributed by atoms with Crippen molar-refractivity contribution in [2.75, 3.05) is 0 Å². The normalized spacial score (nSPS) is 21.4. The molecule has 2 rings (SSSR count). The number of rotatable bonds is 1. The Kier molecular flexibility index (Phi) is 3.44. The molecule has 2 nitrogen and oxygen atoms in total. The summed E-state index contributed by atoms with van der Waals surface area (Å²) in [5, 5.41) is 0.414. The summed E-state index contributed by atoms with van der Waals surface area (Å²) in [6, 6.07) is 2.40. The maximum Gasteiger partial charge on any atom is 0.497 e. The van der Waals surface area contributed by atoms with E-state index in [4.69, 9.17) is 32.5 Å². The average molecular weight is 291 g/mol. The van der Waals surface area contributed by atoms with Crippen molar-refractivity contribution in [2.24, 2.45) is 0 Å². The highest BCUT2D eigenvalue weighted by Gasteiger charge is 2.52. The molecular weight excluding hydrogens is 277 g/mol. The van der Waals surface area contributed by atoms with E-state index in [1.165, 1.54) is 12.1 Å². The quantitative estimate of drug-likeness (QED) is 0.738. The topological polar surface area (TPSA) is 18.5 Å². The molecule has 1 aliphatic heterocycles. The zero-order valence-electron chi connectivity index (χ0n) is 10.7. The zero-order valence-corrected chi connectivity index (χ0v) is 12.2. The van der Waals surface area contributed by atoms with Crippen molar-refractivity contribution in [3.8, 4) is 0 Å². The fraction of sp³-hybridized carbons (Fsp3) is 0.500. The standard InChI is InChI=1S/C12H14BCl2FO2/c1-11(2)12(3,4)18-13(17-11)10-8(14)5-7(16)6-9(10)15/h5-6H,1-4H3. The third kappa shape index (κ3) is 2.27. The largest absolute Gasteiger partial charge is 0.497 e. The van der Waals surface area contributed by atoms with Crippen LogP contribution in [0.4, 0.5) is 4.39 Å². The first-order valence-corrected chi connectivity index (χ1v) is 6.40. The van der Waals surface area contributed by atoms with Crippen LogP contribution in [0.3, 0.4) is 0 Å². The molecule has 0 amide bonds. The van der Waals surface area contributed by atoms with Gasteiger partial charge in [0.1, 0.15) is 5.82 Å². The predicted octanol–water partition coefficient (Wildman–Crippen LogP) is 3.43. The first kappa shape index (κ1) is 14.1. The van der Waals surface area contributed by atoms with Crippen molar-refractivity contribution >= 4 is 35.8 Å². The molecule has 1 heterocycles. The Labute approximate surface area is 117 Å². The molecule has 18 heavy (non-hydrogen) atoms. The van der Waals surface area contributed by atoms with Gasteiger partial charge in [-0.25, -0.2) is 4.39 Å². The molecule has 1 aromatic rings. The van der Waals surface area contributed by atoms with Gasteiger partial charge in [0.25, 0.3) is 0 Å². The van der Waals surface area contributed by atoms with E-state index in [1.54, 1.807) is 0 Å². The van der Waals surface area contributed by atoms with Crippen LogP contribution in [0.15, 0.2) is 12.1 Å². The minimum atomic E-state index is -0.685. The molecule has 0 N–H and O–H groups in total. The molecule has 1 saturated heterocycles. The molecule has 1 aliphatic rings. The maximum absolute atomic E-state index is 13.1. The summed E-state index contributed by atoms with van der Waals surface area (Å²) in [6.07, 6.45) is 0. The monoisotopic (exact) mass is 290 g/mol. The van der Waals surface area contributed by atoms with Crippen LogP contribution in [0.25, 0.3) is 0 Å². The van der Waals surface area contributed by atoms with Crippen molar-refractivity contribution in [1.29, 1.82) is 0 Å². The molecule has 6 heteroatoms. The molecule has 1 aromatic carbocycles. The molecule has 1 fully saturated rings. The predicted molar refractivity (Wildman–Crippen MR) is 72.1 cm³/mol. The molecular formula is C12H14BCl2FO2. The minimum absolute atomic E-state index is 0.207. The van der Waals surface area contributed by atoms with Crippen LogP contribution in [0.2, 0.25) is 10.0 Å². The van der Waals surface area contributed by atoms with Gasteiger partial charge in [-0.2, -0.15) is 0 Å². The Morgan fingerprint density at radius 1 is 1.00 bits per heavy atom. The Bertz CT molecular complexity index is 452. The van der Waals surface area contributed by atoms with Gasteiger partial charge >= 0.3 is 7.12 Å². The van der Waals surface area contributed by atoms with Gasteiger partial charge in [-0.05, 0) is 39.8 Å². The molecule has 0 aliphatic carbocycles.